The lowest BCUT2D eigenvalue weighted by Gasteiger charge is -2.19. The quantitative estimate of drug-likeness (QED) is 0.517. The molecule has 0 saturated heterocycles. The Labute approximate surface area is 83.0 Å². The van der Waals surface area contributed by atoms with E-state index >= 15 is 0 Å². The zero-order valence-corrected chi connectivity index (χ0v) is 7.66. The van der Waals surface area contributed by atoms with E-state index in [4.69, 9.17) is 4.74 Å². The zero-order chi connectivity index (χ0) is 9.38. The van der Waals surface area contributed by atoms with Crippen LogP contribution in [-0.4, -0.2) is 0 Å². The molecule has 14 heavy (non-hydrogen) atoms. The van der Waals surface area contributed by atoms with Crippen LogP contribution < -0.4 is 4.74 Å². The van der Waals surface area contributed by atoms with Crippen LogP contribution in [0.4, 0.5) is 0 Å². The number of ether oxygens (including phenoxy) is 1. The summed E-state index contributed by atoms with van der Waals surface area (Å²) in [5.41, 5.74) is 2.46. The van der Waals surface area contributed by atoms with E-state index in [0.29, 0.717) is 0 Å². The van der Waals surface area contributed by atoms with E-state index in [-0.39, 0.29) is 0 Å². The summed E-state index contributed by atoms with van der Waals surface area (Å²) in [5, 5.41) is 0. The fourth-order valence-corrected chi connectivity index (χ4v) is 1.76. The third-order valence-corrected chi connectivity index (χ3v) is 2.48. The molecule has 1 radical (unpaired) electrons. The van der Waals surface area contributed by atoms with Crippen LogP contribution >= 0.6 is 0 Å². The maximum Gasteiger partial charge on any atom is 0.131 e. The van der Waals surface area contributed by atoms with Gasteiger partial charge in [-0.2, -0.15) is 0 Å². The van der Waals surface area contributed by atoms with Crippen LogP contribution in [0.5, 0.6) is 11.5 Å². The van der Waals surface area contributed by atoms with Gasteiger partial charge in [0.05, 0.1) is 0 Å². The molecule has 2 aromatic carbocycles. The van der Waals surface area contributed by atoms with Crippen LogP contribution in [0.15, 0.2) is 42.5 Å². The average molecular weight is 181 g/mol. The summed E-state index contributed by atoms with van der Waals surface area (Å²) in [5.74, 6) is 1.94. The van der Waals surface area contributed by atoms with Crippen LogP contribution in [0.3, 0.4) is 0 Å². The van der Waals surface area contributed by atoms with Crippen molar-refractivity contribution in [3.8, 4) is 11.5 Å². The lowest BCUT2D eigenvalue weighted by molar-refractivity contribution is 0.460. The second-order valence-corrected chi connectivity index (χ2v) is 3.42. The Morgan fingerprint density at radius 1 is 1.00 bits per heavy atom. The van der Waals surface area contributed by atoms with Crippen molar-refractivity contribution in [2.75, 3.05) is 0 Å². The van der Waals surface area contributed by atoms with Crippen LogP contribution in [0.1, 0.15) is 11.1 Å². The molecule has 0 N–H and O–H groups in total. The van der Waals surface area contributed by atoms with Crippen molar-refractivity contribution in [3.63, 3.8) is 0 Å². The topological polar surface area (TPSA) is 9.23 Å². The van der Waals surface area contributed by atoms with Gasteiger partial charge in [0.1, 0.15) is 11.5 Å². The van der Waals surface area contributed by atoms with Gasteiger partial charge in [0.25, 0.3) is 0 Å². The van der Waals surface area contributed by atoms with Crippen LogP contribution in [0.25, 0.3) is 0 Å². The van der Waals surface area contributed by atoms with Crippen molar-refractivity contribution in [1.29, 1.82) is 0 Å². The number of rotatable bonds is 0. The van der Waals surface area contributed by atoms with E-state index in [2.05, 4.69) is 12.1 Å². The van der Waals surface area contributed by atoms with Crippen LogP contribution in [0, 0.1) is 6.07 Å². The van der Waals surface area contributed by atoms with Gasteiger partial charge < -0.3 is 4.74 Å². The van der Waals surface area contributed by atoms with E-state index in [0.717, 1.165) is 17.9 Å². The monoisotopic (exact) mass is 181 g/mol. The minimum absolute atomic E-state index is 0.947. The molecule has 0 aliphatic carbocycles. The molecule has 0 bridgehead atoms. The van der Waals surface area contributed by atoms with Crippen molar-refractivity contribution in [2.24, 2.45) is 0 Å². The van der Waals surface area contributed by atoms with E-state index in [9.17, 15) is 0 Å². The maximum absolute atomic E-state index is 5.76. The molecule has 1 aliphatic heterocycles. The van der Waals surface area contributed by atoms with Gasteiger partial charge in [-0.05, 0) is 35.4 Å². The summed E-state index contributed by atoms with van der Waals surface area (Å²) in [6.45, 7) is 0. The summed E-state index contributed by atoms with van der Waals surface area (Å²) >= 11 is 0. The largest absolute Gasteiger partial charge is 0.457 e. The van der Waals surface area contributed by atoms with E-state index < -0.39 is 0 Å². The highest BCUT2D eigenvalue weighted by Crippen LogP contribution is 2.35. The van der Waals surface area contributed by atoms with Crippen molar-refractivity contribution in [1.82, 2.24) is 0 Å². The summed E-state index contributed by atoms with van der Waals surface area (Å²) in [6, 6.07) is 17.1. The SMILES string of the molecule is [c]1ccc2c(c1)Cc1ccccc1O2. The second kappa shape index (κ2) is 2.88. The Bertz CT molecular complexity index is 387. The standard InChI is InChI=1S/C13H9O/c1-3-7-12-10(5-1)9-11-6-2-4-8-13(11)14-12/h1,3-8H,9H2. The lowest BCUT2D eigenvalue weighted by Crippen LogP contribution is -2.01. The molecule has 1 nitrogen and oxygen atoms in total. The molecule has 0 unspecified atom stereocenters. The molecule has 0 aromatic heterocycles. The summed E-state index contributed by atoms with van der Waals surface area (Å²) in [4.78, 5) is 0. The minimum Gasteiger partial charge on any atom is -0.457 e. The first-order chi connectivity index (χ1) is 6.93. The first-order valence-corrected chi connectivity index (χ1v) is 4.68. The Morgan fingerprint density at radius 2 is 1.86 bits per heavy atom. The van der Waals surface area contributed by atoms with Crippen molar-refractivity contribution in [2.45, 2.75) is 6.42 Å². The van der Waals surface area contributed by atoms with Gasteiger partial charge >= 0.3 is 0 Å². The summed E-state index contributed by atoms with van der Waals surface area (Å²) in [6.07, 6.45) is 0.947. The molecular formula is C13H9O. The molecule has 0 saturated carbocycles. The molecule has 3 rings (SSSR count). The van der Waals surface area contributed by atoms with Crippen LogP contribution in [0.2, 0.25) is 0 Å². The number of fused-ring (bicyclic) bond motifs is 2. The van der Waals surface area contributed by atoms with Gasteiger partial charge in [0.2, 0.25) is 0 Å². The third-order valence-electron chi connectivity index (χ3n) is 2.48. The molecule has 0 amide bonds. The smallest absolute Gasteiger partial charge is 0.131 e. The molecule has 0 fully saturated rings. The third kappa shape index (κ3) is 1.10. The summed E-state index contributed by atoms with van der Waals surface area (Å²) < 4.78 is 5.76. The molecule has 0 spiro atoms. The van der Waals surface area contributed by atoms with Gasteiger partial charge in [-0.1, -0.05) is 24.3 Å². The molecule has 67 valence electrons. The van der Waals surface area contributed by atoms with Gasteiger partial charge in [-0.25, -0.2) is 0 Å². The first-order valence-electron chi connectivity index (χ1n) is 4.68. The highest BCUT2D eigenvalue weighted by Gasteiger charge is 2.14. The van der Waals surface area contributed by atoms with Gasteiger partial charge in [0.15, 0.2) is 0 Å². The molecule has 0 atom stereocenters. The normalized spacial score (nSPS) is 12.6. The predicted molar refractivity (Wildman–Crippen MR) is 54.6 cm³/mol. The molecule has 1 aliphatic rings. The van der Waals surface area contributed by atoms with E-state index in [1.165, 1.54) is 11.1 Å². The molecular weight excluding hydrogens is 172 g/mol. The fourth-order valence-electron chi connectivity index (χ4n) is 1.76. The van der Waals surface area contributed by atoms with E-state index in [1.807, 2.05) is 36.4 Å². The van der Waals surface area contributed by atoms with Crippen molar-refractivity contribution >= 4 is 0 Å². The lowest BCUT2D eigenvalue weighted by atomic mass is 10.0. The van der Waals surface area contributed by atoms with Crippen molar-refractivity contribution < 1.29 is 4.74 Å². The Morgan fingerprint density at radius 3 is 2.86 bits per heavy atom. The maximum atomic E-state index is 5.76. The Balaban J connectivity index is 2.12. The van der Waals surface area contributed by atoms with Gasteiger partial charge in [-0.15, -0.1) is 0 Å². The fraction of sp³-hybridized carbons (Fsp3) is 0.0769. The summed E-state index contributed by atoms with van der Waals surface area (Å²) in [7, 11) is 0. The van der Waals surface area contributed by atoms with Crippen LogP contribution in [-0.2, 0) is 6.42 Å². The zero-order valence-electron chi connectivity index (χ0n) is 7.66. The number of hydrogen-bond donors (Lipinski definition) is 0. The highest BCUT2D eigenvalue weighted by atomic mass is 16.5. The average Bonchev–Trinajstić information content (AvgIpc) is 2.26. The number of hydrogen-bond acceptors (Lipinski definition) is 1. The Kier molecular flexibility index (Phi) is 1.57. The van der Waals surface area contributed by atoms with Gasteiger partial charge in [-0.3, -0.25) is 0 Å². The molecule has 1 heterocycles. The number of para-hydroxylation sites is 1. The number of benzene rings is 2. The molecule has 1 heteroatoms. The van der Waals surface area contributed by atoms with Crippen molar-refractivity contribution in [3.05, 3.63) is 59.7 Å². The Hall–Kier alpha value is -1.76. The van der Waals surface area contributed by atoms with Gasteiger partial charge in [0, 0.05) is 6.42 Å². The second-order valence-electron chi connectivity index (χ2n) is 3.42. The molecule has 2 aromatic rings. The van der Waals surface area contributed by atoms with E-state index in [1.54, 1.807) is 0 Å². The minimum atomic E-state index is 0.947. The highest BCUT2D eigenvalue weighted by molar-refractivity contribution is 5.49. The first kappa shape index (κ1) is 7.63. The predicted octanol–water partition coefficient (Wildman–Crippen LogP) is 3.18.